The summed E-state index contributed by atoms with van der Waals surface area (Å²) < 4.78 is 50.4. The number of urea groups is 1. The number of ether oxygens (including phenoxy) is 2. The molecule has 1 aromatic heterocycles. The number of amides is 3. The molecule has 0 fully saturated rings. The third-order valence-corrected chi connectivity index (χ3v) is 5.09. The van der Waals surface area contributed by atoms with Gasteiger partial charge in [-0.3, -0.25) is 9.78 Å². The summed E-state index contributed by atoms with van der Waals surface area (Å²) >= 11 is 5.66. The second-order valence-corrected chi connectivity index (χ2v) is 7.93. The molecule has 38 heavy (non-hydrogen) atoms. The lowest BCUT2D eigenvalue weighted by atomic mass is 10.1. The van der Waals surface area contributed by atoms with Crippen molar-refractivity contribution >= 4 is 35.2 Å². The molecule has 0 saturated heterocycles. The van der Waals surface area contributed by atoms with Crippen LogP contribution in [0.1, 0.15) is 21.6 Å². The van der Waals surface area contributed by atoms with Crippen LogP contribution in [-0.4, -0.2) is 41.7 Å². The Morgan fingerprint density at radius 1 is 1.05 bits per heavy atom. The van der Waals surface area contributed by atoms with Crippen molar-refractivity contribution in [1.82, 2.24) is 15.6 Å². The molecule has 0 atom stereocenters. The van der Waals surface area contributed by atoms with E-state index in [2.05, 4.69) is 20.9 Å². The number of aliphatic carboxylic acids is 1. The molecule has 0 spiro atoms. The van der Waals surface area contributed by atoms with E-state index in [9.17, 15) is 27.6 Å². The van der Waals surface area contributed by atoms with Gasteiger partial charge in [0.15, 0.2) is 6.61 Å². The number of nitrogens with one attached hydrogen (secondary N) is 3. The standard InChI is InChI=1S/C24H20ClF3N4O6/c1-29-22(35)19-8-15(6-7-30-19)38-14-4-2-13(3-5-14)11-31-23(36)32-18-9-16(24(26,27)28)17(25)10-20(18)37-12-21(33)34/h2-10H,11-12H2,1H3,(H,29,35)(H,33,34)(H2,31,32,36). The molecule has 0 unspecified atom stereocenters. The van der Waals surface area contributed by atoms with Crippen molar-refractivity contribution in [3.8, 4) is 17.2 Å². The summed E-state index contributed by atoms with van der Waals surface area (Å²) in [6.07, 6.45) is -3.40. The number of rotatable bonds is 9. The predicted molar refractivity (Wildman–Crippen MR) is 130 cm³/mol. The molecular weight excluding hydrogens is 533 g/mol. The molecule has 1 heterocycles. The van der Waals surface area contributed by atoms with Crippen molar-refractivity contribution in [3.05, 3.63) is 76.6 Å². The summed E-state index contributed by atoms with van der Waals surface area (Å²) in [6.45, 7) is -0.869. The fraction of sp³-hybridized carbons (Fsp3) is 0.167. The number of nitrogens with zero attached hydrogens (tertiary/aromatic N) is 1. The van der Waals surface area contributed by atoms with Crippen LogP contribution in [0, 0.1) is 0 Å². The zero-order chi connectivity index (χ0) is 27.9. The highest BCUT2D eigenvalue weighted by molar-refractivity contribution is 6.31. The molecule has 0 aliphatic rings. The molecule has 0 saturated carbocycles. The number of halogens is 4. The predicted octanol–water partition coefficient (Wildman–Crippen LogP) is 4.69. The van der Waals surface area contributed by atoms with Crippen LogP contribution in [0.5, 0.6) is 17.2 Å². The first-order valence-corrected chi connectivity index (χ1v) is 11.1. The Morgan fingerprint density at radius 3 is 2.39 bits per heavy atom. The van der Waals surface area contributed by atoms with Gasteiger partial charge >= 0.3 is 18.2 Å². The maximum Gasteiger partial charge on any atom is 0.417 e. The number of carbonyl (C=O) groups is 3. The van der Waals surface area contributed by atoms with Gasteiger partial charge in [0, 0.05) is 31.9 Å². The number of benzene rings is 2. The Hall–Kier alpha value is -4.52. The van der Waals surface area contributed by atoms with Gasteiger partial charge in [0.2, 0.25) is 0 Å². The molecule has 0 aliphatic heterocycles. The topological polar surface area (TPSA) is 139 Å². The first kappa shape index (κ1) is 28.1. The summed E-state index contributed by atoms with van der Waals surface area (Å²) in [5, 5.41) is 15.2. The van der Waals surface area contributed by atoms with Crippen molar-refractivity contribution in [3.63, 3.8) is 0 Å². The molecule has 0 radical (unpaired) electrons. The minimum absolute atomic E-state index is 0.00672. The molecule has 0 aliphatic carbocycles. The van der Waals surface area contributed by atoms with E-state index in [1.54, 1.807) is 30.3 Å². The molecule has 2 aromatic carbocycles. The molecule has 3 amide bonds. The first-order valence-electron chi connectivity index (χ1n) is 10.7. The second-order valence-electron chi connectivity index (χ2n) is 7.52. The highest BCUT2D eigenvalue weighted by Crippen LogP contribution is 2.40. The number of carbonyl (C=O) groups excluding carboxylic acids is 2. The van der Waals surface area contributed by atoms with Gasteiger partial charge in [-0.05, 0) is 29.8 Å². The highest BCUT2D eigenvalue weighted by atomic mass is 35.5. The maximum absolute atomic E-state index is 13.2. The molecule has 3 aromatic rings. The van der Waals surface area contributed by atoms with Crippen LogP contribution in [0.15, 0.2) is 54.7 Å². The summed E-state index contributed by atoms with van der Waals surface area (Å²) in [6, 6.07) is 10.0. The van der Waals surface area contributed by atoms with Crippen molar-refractivity contribution in [2.24, 2.45) is 0 Å². The van der Waals surface area contributed by atoms with Crippen LogP contribution in [-0.2, 0) is 17.5 Å². The van der Waals surface area contributed by atoms with Gasteiger partial charge in [-0.15, -0.1) is 0 Å². The van der Waals surface area contributed by atoms with Crippen LogP contribution in [0.3, 0.4) is 0 Å². The van der Waals surface area contributed by atoms with Gasteiger partial charge in [0.25, 0.3) is 5.91 Å². The average molecular weight is 553 g/mol. The number of aromatic nitrogens is 1. The fourth-order valence-corrected chi connectivity index (χ4v) is 3.28. The van der Waals surface area contributed by atoms with E-state index in [4.69, 9.17) is 26.2 Å². The van der Waals surface area contributed by atoms with Crippen molar-refractivity contribution in [2.45, 2.75) is 12.7 Å². The number of hydrogen-bond acceptors (Lipinski definition) is 6. The lowest BCUT2D eigenvalue weighted by Gasteiger charge is -2.16. The van der Waals surface area contributed by atoms with E-state index in [0.29, 0.717) is 23.1 Å². The number of pyridine rings is 1. The maximum atomic E-state index is 13.2. The highest BCUT2D eigenvalue weighted by Gasteiger charge is 2.34. The zero-order valence-electron chi connectivity index (χ0n) is 19.6. The number of carboxylic acids is 1. The largest absolute Gasteiger partial charge is 0.480 e. The normalized spacial score (nSPS) is 10.9. The van der Waals surface area contributed by atoms with Gasteiger partial charge in [-0.25, -0.2) is 9.59 Å². The van der Waals surface area contributed by atoms with Crippen LogP contribution >= 0.6 is 11.6 Å². The Kier molecular flexibility index (Phi) is 8.97. The van der Waals surface area contributed by atoms with Crippen LogP contribution in [0.25, 0.3) is 0 Å². The molecule has 0 bridgehead atoms. The quantitative estimate of drug-likeness (QED) is 0.302. The van der Waals surface area contributed by atoms with E-state index in [-0.39, 0.29) is 23.9 Å². The molecule has 3 rings (SSSR count). The minimum Gasteiger partial charge on any atom is -0.480 e. The van der Waals surface area contributed by atoms with E-state index in [1.807, 2.05) is 0 Å². The minimum atomic E-state index is -4.82. The Balaban J connectivity index is 1.64. The molecule has 14 heteroatoms. The number of anilines is 1. The van der Waals surface area contributed by atoms with Gasteiger partial charge in [-0.2, -0.15) is 13.2 Å². The third kappa shape index (κ3) is 7.74. The lowest BCUT2D eigenvalue weighted by Crippen LogP contribution is -2.28. The van der Waals surface area contributed by atoms with E-state index < -0.39 is 41.1 Å². The number of alkyl halides is 3. The Labute approximate surface area is 218 Å². The van der Waals surface area contributed by atoms with E-state index in [0.717, 1.165) is 6.07 Å². The van der Waals surface area contributed by atoms with Crippen LogP contribution in [0.2, 0.25) is 5.02 Å². The monoisotopic (exact) mass is 552 g/mol. The van der Waals surface area contributed by atoms with Crippen molar-refractivity contribution < 1.29 is 42.1 Å². The molecule has 4 N–H and O–H groups in total. The molecule has 10 nitrogen and oxygen atoms in total. The van der Waals surface area contributed by atoms with Gasteiger partial charge in [-0.1, -0.05) is 23.7 Å². The van der Waals surface area contributed by atoms with Gasteiger partial charge in [0.1, 0.15) is 22.9 Å². The summed E-state index contributed by atoms with van der Waals surface area (Å²) in [5.41, 5.74) is -0.846. The SMILES string of the molecule is CNC(=O)c1cc(Oc2ccc(CNC(=O)Nc3cc(C(F)(F)F)c(Cl)cc3OCC(=O)O)cc2)ccn1. The number of carboxylic acid groups (broad SMARTS) is 1. The smallest absolute Gasteiger partial charge is 0.417 e. The Bertz CT molecular complexity index is 1340. The van der Waals surface area contributed by atoms with Gasteiger partial charge in [0.05, 0.1) is 16.3 Å². The van der Waals surface area contributed by atoms with E-state index >= 15 is 0 Å². The Morgan fingerprint density at radius 2 is 1.76 bits per heavy atom. The third-order valence-electron chi connectivity index (χ3n) is 4.78. The summed E-state index contributed by atoms with van der Waals surface area (Å²) in [5.74, 6) is -1.28. The molecule has 200 valence electrons. The lowest BCUT2D eigenvalue weighted by molar-refractivity contribution is -0.139. The summed E-state index contributed by atoms with van der Waals surface area (Å²) in [7, 11) is 1.48. The van der Waals surface area contributed by atoms with Crippen LogP contribution in [0.4, 0.5) is 23.7 Å². The first-order chi connectivity index (χ1) is 18.0. The van der Waals surface area contributed by atoms with Crippen LogP contribution < -0.4 is 25.4 Å². The van der Waals surface area contributed by atoms with Crippen molar-refractivity contribution in [2.75, 3.05) is 19.0 Å². The van der Waals surface area contributed by atoms with E-state index in [1.165, 1.54) is 19.3 Å². The second kappa shape index (κ2) is 12.1. The van der Waals surface area contributed by atoms with Gasteiger partial charge < -0.3 is 30.5 Å². The number of hydrogen-bond donors (Lipinski definition) is 4. The molecular formula is C24H20ClF3N4O6. The summed E-state index contributed by atoms with van der Waals surface area (Å²) in [4.78, 5) is 38.8. The van der Waals surface area contributed by atoms with Crippen molar-refractivity contribution in [1.29, 1.82) is 0 Å². The average Bonchev–Trinajstić information content (AvgIpc) is 2.87. The fourth-order valence-electron chi connectivity index (χ4n) is 3.02. The zero-order valence-corrected chi connectivity index (χ0v) is 20.3.